The fraction of sp³-hybridized carbons (Fsp3) is 0.750. The van der Waals surface area contributed by atoms with E-state index in [9.17, 15) is 8.42 Å². The van der Waals surface area contributed by atoms with Crippen molar-refractivity contribution in [1.29, 1.82) is 0 Å². The molecule has 12 heavy (non-hydrogen) atoms. The van der Waals surface area contributed by atoms with E-state index in [4.69, 9.17) is 11.6 Å². The molecule has 1 aliphatic rings. The Balaban J connectivity index is 2.62. The van der Waals surface area contributed by atoms with Crippen LogP contribution in [0.25, 0.3) is 0 Å². The predicted molar refractivity (Wildman–Crippen MR) is 50.8 cm³/mol. The van der Waals surface area contributed by atoms with Gasteiger partial charge in [-0.15, -0.1) is 0 Å². The van der Waals surface area contributed by atoms with E-state index < -0.39 is 9.84 Å². The second-order valence-corrected chi connectivity index (χ2v) is 5.88. The molecule has 70 valence electrons. The molecule has 0 spiro atoms. The van der Waals surface area contributed by atoms with Crippen LogP contribution in [-0.4, -0.2) is 13.7 Å². The van der Waals surface area contributed by atoms with Crippen molar-refractivity contribution >= 4 is 21.4 Å². The standard InChI is InChI=1S/C8H13ClO2S/c1-2-3-4-7-5-6-8(9)12(7,10)11/h6-7H,2-5H2,1H3. The Morgan fingerprint density at radius 2 is 2.33 bits per heavy atom. The molecule has 0 saturated heterocycles. The zero-order chi connectivity index (χ0) is 9.19. The molecular weight excluding hydrogens is 196 g/mol. The van der Waals surface area contributed by atoms with E-state index in [1.54, 1.807) is 6.08 Å². The Hall–Kier alpha value is -0.0200. The summed E-state index contributed by atoms with van der Waals surface area (Å²) in [4.78, 5) is 0. The molecule has 1 rings (SSSR count). The Morgan fingerprint density at radius 1 is 1.67 bits per heavy atom. The lowest BCUT2D eigenvalue weighted by Crippen LogP contribution is -2.15. The predicted octanol–water partition coefficient (Wildman–Crippen LogP) is 2.44. The zero-order valence-electron chi connectivity index (χ0n) is 7.09. The molecule has 2 nitrogen and oxygen atoms in total. The van der Waals surface area contributed by atoms with Crippen molar-refractivity contribution in [3.8, 4) is 0 Å². The molecule has 0 radical (unpaired) electrons. The molecule has 1 aliphatic heterocycles. The normalized spacial score (nSPS) is 27.2. The van der Waals surface area contributed by atoms with Gasteiger partial charge in [-0.1, -0.05) is 37.4 Å². The first-order valence-corrected chi connectivity index (χ1v) is 6.11. The first kappa shape index (κ1) is 10.1. The van der Waals surface area contributed by atoms with Crippen molar-refractivity contribution in [2.45, 2.75) is 37.9 Å². The molecule has 0 saturated carbocycles. The summed E-state index contributed by atoms with van der Waals surface area (Å²) in [6.07, 6.45) is 4.94. The highest BCUT2D eigenvalue weighted by molar-refractivity contribution is 7.97. The fourth-order valence-corrected chi connectivity index (χ4v) is 3.27. The largest absolute Gasteiger partial charge is 0.222 e. The SMILES string of the molecule is CCCCC1CC=C(Cl)S1(=O)=O. The maximum Gasteiger partial charge on any atom is 0.191 e. The second kappa shape index (κ2) is 3.79. The highest BCUT2D eigenvalue weighted by Gasteiger charge is 2.32. The van der Waals surface area contributed by atoms with Crippen LogP contribution in [0.15, 0.2) is 10.4 Å². The third kappa shape index (κ3) is 1.83. The summed E-state index contributed by atoms with van der Waals surface area (Å²) in [7, 11) is -3.11. The fourth-order valence-electron chi connectivity index (χ4n) is 1.33. The third-order valence-corrected chi connectivity index (χ3v) is 4.95. The van der Waals surface area contributed by atoms with Gasteiger partial charge in [0, 0.05) is 0 Å². The van der Waals surface area contributed by atoms with Crippen molar-refractivity contribution in [2.75, 3.05) is 0 Å². The quantitative estimate of drug-likeness (QED) is 0.714. The van der Waals surface area contributed by atoms with Gasteiger partial charge in [-0.2, -0.15) is 0 Å². The Kier molecular flexibility index (Phi) is 3.18. The van der Waals surface area contributed by atoms with Crippen LogP contribution >= 0.6 is 11.6 Å². The minimum absolute atomic E-state index is 0.0450. The van der Waals surface area contributed by atoms with Crippen molar-refractivity contribution < 1.29 is 8.42 Å². The van der Waals surface area contributed by atoms with E-state index in [0.717, 1.165) is 19.3 Å². The van der Waals surface area contributed by atoms with E-state index in [1.807, 2.05) is 0 Å². The monoisotopic (exact) mass is 208 g/mol. The number of allylic oxidation sites excluding steroid dienone is 1. The van der Waals surface area contributed by atoms with Crippen LogP contribution in [0.4, 0.5) is 0 Å². The molecule has 0 amide bonds. The number of hydrogen-bond acceptors (Lipinski definition) is 2. The van der Waals surface area contributed by atoms with Gasteiger partial charge < -0.3 is 0 Å². The first-order valence-electron chi connectivity index (χ1n) is 4.18. The molecule has 0 bridgehead atoms. The number of halogens is 1. The van der Waals surface area contributed by atoms with E-state index in [0.29, 0.717) is 6.42 Å². The number of rotatable bonds is 3. The van der Waals surface area contributed by atoms with Crippen molar-refractivity contribution in [3.63, 3.8) is 0 Å². The van der Waals surface area contributed by atoms with Crippen LogP contribution in [-0.2, 0) is 9.84 Å². The smallest absolute Gasteiger partial charge is 0.191 e. The molecule has 0 fully saturated rings. The van der Waals surface area contributed by atoms with Gasteiger partial charge >= 0.3 is 0 Å². The molecular formula is C8H13ClO2S. The van der Waals surface area contributed by atoms with E-state index in [-0.39, 0.29) is 9.61 Å². The lowest BCUT2D eigenvalue weighted by atomic mass is 10.1. The highest BCUT2D eigenvalue weighted by Crippen LogP contribution is 2.30. The summed E-state index contributed by atoms with van der Waals surface area (Å²) in [5.74, 6) is 0. The van der Waals surface area contributed by atoms with Crippen molar-refractivity contribution in [1.82, 2.24) is 0 Å². The van der Waals surface area contributed by atoms with Gasteiger partial charge in [0.15, 0.2) is 9.84 Å². The number of sulfone groups is 1. The minimum atomic E-state index is -3.11. The summed E-state index contributed by atoms with van der Waals surface area (Å²) in [5, 5.41) is -0.245. The van der Waals surface area contributed by atoms with Crippen LogP contribution in [0.5, 0.6) is 0 Å². The molecule has 1 heterocycles. The average Bonchev–Trinajstić information content (AvgIpc) is 2.25. The Labute approximate surface area is 78.5 Å². The summed E-state index contributed by atoms with van der Waals surface area (Å²) < 4.78 is 22.8. The highest BCUT2D eigenvalue weighted by atomic mass is 35.5. The van der Waals surface area contributed by atoms with Gasteiger partial charge in [-0.25, -0.2) is 8.42 Å². The van der Waals surface area contributed by atoms with E-state index in [1.165, 1.54) is 0 Å². The molecule has 0 aliphatic carbocycles. The molecule has 1 atom stereocenters. The van der Waals surface area contributed by atoms with Crippen LogP contribution < -0.4 is 0 Å². The molecule has 0 aromatic rings. The summed E-state index contributed by atoms with van der Waals surface area (Å²) in [5.41, 5.74) is 0. The maximum absolute atomic E-state index is 11.4. The summed E-state index contributed by atoms with van der Waals surface area (Å²) >= 11 is 5.55. The number of hydrogen-bond donors (Lipinski definition) is 0. The van der Waals surface area contributed by atoms with Gasteiger partial charge in [-0.05, 0) is 12.8 Å². The molecule has 0 aromatic carbocycles. The third-order valence-electron chi connectivity index (χ3n) is 2.13. The lowest BCUT2D eigenvalue weighted by molar-refractivity contribution is 0.577. The van der Waals surface area contributed by atoms with Gasteiger partial charge in [0.1, 0.15) is 4.36 Å². The van der Waals surface area contributed by atoms with Gasteiger partial charge in [0.05, 0.1) is 5.25 Å². The zero-order valence-corrected chi connectivity index (χ0v) is 8.66. The van der Waals surface area contributed by atoms with Gasteiger partial charge in [0.2, 0.25) is 0 Å². The minimum Gasteiger partial charge on any atom is -0.222 e. The topological polar surface area (TPSA) is 34.1 Å². The maximum atomic E-state index is 11.4. The van der Waals surface area contributed by atoms with Crippen molar-refractivity contribution in [2.24, 2.45) is 0 Å². The second-order valence-electron chi connectivity index (χ2n) is 3.05. The molecule has 0 N–H and O–H groups in total. The van der Waals surface area contributed by atoms with Crippen LogP contribution in [0.3, 0.4) is 0 Å². The molecule has 0 aromatic heterocycles. The number of unbranched alkanes of at least 4 members (excludes halogenated alkanes) is 1. The van der Waals surface area contributed by atoms with Crippen LogP contribution in [0, 0.1) is 0 Å². The Morgan fingerprint density at radius 3 is 2.75 bits per heavy atom. The van der Waals surface area contributed by atoms with E-state index in [2.05, 4.69) is 6.92 Å². The molecule has 1 unspecified atom stereocenters. The van der Waals surface area contributed by atoms with Crippen molar-refractivity contribution in [3.05, 3.63) is 10.4 Å². The van der Waals surface area contributed by atoms with Gasteiger partial charge in [-0.3, -0.25) is 0 Å². The Bertz CT molecular complexity index is 279. The lowest BCUT2D eigenvalue weighted by Gasteiger charge is -2.07. The first-order chi connectivity index (χ1) is 5.59. The van der Waals surface area contributed by atoms with Gasteiger partial charge in [0.25, 0.3) is 0 Å². The molecule has 4 heteroatoms. The van der Waals surface area contributed by atoms with Crippen LogP contribution in [0.1, 0.15) is 32.6 Å². The van der Waals surface area contributed by atoms with Crippen LogP contribution in [0.2, 0.25) is 0 Å². The summed E-state index contributed by atoms with van der Waals surface area (Å²) in [6.45, 7) is 2.05. The average molecular weight is 209 g/mol. The summed E-state index contributed by atoms with van der Waals surface area (Å²) in [6, 6.07) is 0. The van der Waals surface area contributed by atoms with E-state index >= 15 is 0 Å².